The van der Waals surface area contributed by atoms with Crippen LogP contribution in [0.25, 0.3) is 0 Å². The van der Waals surface area contributed by atoms with Gasteiger partial charge in [0, 0.05) is 37.8 Å². The van der Waals surface area contributed by atoms with Gasteiger partial charge in [0.25, 0.3) is 0 Å². The number of halogens is 4. The van der Waals surface area contributed by atoms with Crippen molar-refractivity contribution in [3.05, 3.63) is 22.8 Å². The average Bonchev–Trinajstić information content (AvgIpc) is 3.13. The summed E-state index contributed by atoms with van der Waals surface area (Å²) in [5, 5.41) is 3.07. The van der Waals surface area contributed by atoms with E-state index in [1.54, 1.807) is 0 Å². The molecule has 5 nitrogen and oxygen atoms in total. The van der Waals surface area contributed by atoms with Gasteiger partial charge in [-0.1, -0.05) is 18.5 Å². The lowest BCUT2D eigenvalue weighted by Gasteiger charge is -2.33. The maximum absolute atomic E-state index is 12.8. The van der Waals surface area contributed by atoms with Gasteiger partial charge in [-0.05, 0) is 44.8 Å². The minimum atomic E-state index is -4.47. The molecule has 1 amide bonds. The predicted molar refractivity (Wildman–Crippen MR) is 102 cm³/mol. The Bertz CT molecular complexity index is 692. The van der Waals surface area contributed by atoms with Crippen molar-refractivity contribution in [2.24, 2.45) is 5.92 Å². The molecule has 1 aromatic rings. The highest BCUT2D eigenvalue weighted by Crippen LogP contribution is 2.34. The zero-order valence-corrected chi connectivity index (χ0v) is 16.7. The molecule has 0 spiro atoms. The van der Waals surface area contributed by atoms with E-state index in [0.717, 1.165) is 31.8 Å². The summed E-state index contributed by atoms with van der Waals surface area (Å²) in [6, 6.07) is 1.33. The molecule has 3 rings (SSSR count). The first-order valence-corrected chi connectivity index (χ1v) is 10.2. The van der Waals surface area contributed by atoms with Crippen LogP contribution in [0.1, 0.15) is 38.2 Å². The van der Waals surface area contributed by atoms with E-state index in [4.69, 9.17) is 11.6 Å². The minimum Gasteiger partial charge on any atom is -0.355 e. The summed E-state index contributed by atoms with van der Waals surface area (Å²) in [5.41, 5.74) is -0.858. The molecule has 2 aliphatic rings. The van der Waals surface area contributed by atoms with Crippen molar-refractivity contribution in [1.29, 1.82) is 0 Å². The second-order valence-electron chi connectivity index (χ2n) is 7.46. The molecular formula is C19H26ClF3N4O. The molecular weight excluding hydrogens is 393 g/mol. The molecule has 0 aromatic carbocycles. The van der Waals surface area contributed by atoms with E-state index < -0.39 is 11.7 Å². The summed E-state index contributed by atoms with van der Waals surface area (Å²) in [5.74, 6) is 0.327. The summed E-state index contributed by atoms with van der Waals surface area (Å²) < 4.78 is 38.3. The number of carbonyl (C=O) groups excluding carboxylic acids is 1. The zero-order chi connectivity index (χ0) is 20.3. The van der Waals surface area contributed by atoms with E-state index in [0.29, 0.717) is 44.3 Å². The van der Waals surface area contributed by atoms with E-state index in [1.807, 2.05) is 4.90 Å². The molecule has 1 N–H and O–H groups in total. The Balaban J connectivity index is 1.51. The third kappa shape index (κ3) is 4.89. The molecule has 0 saturated carbocycles. The Hall–Kier alpha value is -1.54. The molecule has 0 radical (unpaired) electrons. The van der Waals surface area contributed by atoms with Crippen LogP contribution in [-0.4, -0.2) is 54.6 Å². The quantitative estimate of drug-likeness (QED) is 0.794. The lowest BCUT2D eigenvalue weighted by Crippen LogP contribution is -2.45. The third-order valence-corrected chi connectivity index (χ3v) is 6.01. The molecule has 1 unspecified atom stereocenters. The normalized spacial score (nSPS) is 21.9. The van der Waals surface area contributed by atoms with Crippen LogP contribution in [0.2, 0.25) is 5.02 Å². The zero-order valence-electron chi connectivity index (χ0n) is 15.9. The van der Waals surface area contributed by atoms with Crippen LogP contribution in [0.4, 0.5) is 19.0 Å². The monoisotopic (exact) mass is 418 g/mol. The van der Waals surface area contributed by atoms with Gasteiger partial charge in [-0.15, -0.1) is 0 Å². The number of aromatic nitrogens is 1. The largest absolute Gasteiger partial charge is 0.417 e. The SMILES string of the molecule is CCN1CCCC1CNC(=O)C1CCN(c2ncc(C(F)(F)F)cc2Cl)CC1. The number of likely N-dealkylation sites (tertiary alicyclic amines) is 1. The highest BCUT2D eigenvalue weighted by atomic mass is 35.5. The number of anilines is 1. The van der Waals surface area contributed by atoms with Crippen LogP contribution < -0.4 is 10.2 Å². The van der Waals surface area contributed by atoms with Crippen molar-refractivity contribution >= 4 is 23.3 Å². The molecule has 0 bridgehead atoms. The van der Waals surface area contributed by atoms with Gasteiger partial charge in [-0.3, -0.25) is 9.69 Å². The fourth-order valence-corrected chi connectivity index (χ4v) is 4.36. The molecule has 9 heteroatoms. The van der Waals surface area contributed by atoms with Crippen LogP contribution in [0.15, 0.2) is 12.3 Å². The van der Waals surface area contributed by atoms with Crippen LogP contribution >= 0.6 is 11.6 Å². The number of pyridine rings is 1. The van der Waals surface area contributed by atoms with Crippen molar-refractivity contribution in [2.75, 3.05) is 37.6 Å². The van der Waals surface area contributed by atoms with E-state index in [9.17, 15) is 18.0 Å². The van der Waals surface area contributed by atoms with Gasteiger partial charge < -0.3 is 10.2 Å². The minimum absolute atomic E-state index is 0.0152. The van der Waals surface area contributed by atoms with Gasteiger partial charge in [0.15, 0.2) is 0 Å². The number of carbonyl (C=O) groups is 1. The summed E-state index contributed by atoms with van der Waals surface area (Å²) in [6.45, 7) is 5.99. The highest BCUT2D eigenvalue weighted by Gasteiger charge is 2.33. The number of rotatable bonds is 5. The number of likely N-dealkylation sites (N-methyl/N-ethyl adjacent to an activating group) is 1. The first kappa shape index (κ1) is 21.2. The Morgan fingerprint density at radius 1 is 1.29 bits per heavy atom. The lowest BCUT2D eigenvalue weighted by molar-refractivity contribution is -0.137. The molecule has 1 atom stereocenters. The highest BCUT2D eigenvalue weighted by molar-refractivity contribution is 6.33. The maximum Gasteiger partial charge on any atom is 0.417 e. The van der Waals surface area contributed by atoms with Crippen LogP contribution in [-0.2, 0) is 11.0 Å². The van der Waals surface area contributed by atoms with Gasteiger partial charge in [0.2, 0.25) is 5.91 Å². The van der Waals surface area contributed by atoms with E-state index in [1.165, 1.54) is 6.42 Å². The second-order valence-corrected chi connectivity index (χ2v) is 7.87. The molecule has 2 aliphatic heterocycles. The molecule has 28 heavy (non-hydrogen) atoms. The summed E-state index contributed by atoms with van der Waals surface area (Å²) >= 11 is 6.03. The van der Waals surface area contributed by atoms with Gasteiger partial charge in [0.1, 0.15) is 5.82 Å². The summed E-state index contributed by atoms with van der Waals surface area (Å²) in [4.78, 5) is 20.7. The molecule has 2 fully saturated rings. The van der Waals surface area contributed by atoms with Crippen molar-refractivity contribution in [1.82, 2.24) is 15.2 Å². The summed E-state index contributed by atoms with van der Waals surface area (Å²) in [7, 11) is 0. The first-order chi connectivity index (χ1) is 13.3. The molecule has 0 aliphatic carbocycles. The Morgan fingerprint density at radius 2 is 2.00 bits per heavy atom. The van der Waals surface area contributed by atoms with Crippen molar-refractivity contribution in [3.63, 3.8) is 0 Å². The van der Waals surface area contributed by atoms with Crippen LogP contribution in [0.3, 0.4) is 0 Å². The molecule has 1 aromatic heterocycles. The molecule has 156 valence electrons. The topological polar surface area (TPSA) is 48.5 Å². The van der Waals surface area contributed by atoms with E-state index in [-0.39, 0.29) is 16.8 Å². The number of alkyl halides is 3. The second kappa shape index (κ2) is 8.86. The number of nitrogens with one attached hydrogen (secondary N) is 1. The average molecular weight is 419 g/mol. The maximum atomic E-state index is 12.8. The molecule has 3 heterocycles. The number of hydrogen-bond donors (Lipinski definition) is 1. The first-order valence-electron chi connectivity index (χ1n) is 9.79. The van der Waals surface area contributed by atoms with Crippen LogP contribution in [0, 0.1) is 5.92 Å². The van der Waals surface area contributed by atoms with Crippen LogP contribution in [0.5, 0.6) is 0 Å². The Kier molecular flexibility index (Phi) is 6.70. The van der Waals surface area contributed by atoms with Gasteiger partial charge in [-0.2, -0.15) is 13.2 Å². The van der Waals surface area contributed by atoms with Gasteiger partial charge in [0.05, 0.1) is 10.6 Å². The Labute approximate surface area is 168 Å². The fraction of sp³-hybridized carbons (Fsp3) is 0.684. The Morgan fingerprint density at radius 3 is 2.61 bits per heavy atom. The predicted octanol–water partition coefficient (Wildman–Crippen LogP) is 3.57. The number of piperidine rings is 1. The van der Waals surface area contributed by atoms with Gasteiger partial charge in [-0.25, -0.2) is 4.98 Å². The number of hydrogen-bond acceptors (Lipinski definition) is 4. The fourth-order valence-electron chi connectivity index (χ4n) is 4.08. The smallest absolute Gasteiger partial charge is 0.355 e. The summed E-state index contributed by atoms with van der Waals surface area (Å²) in [6.07, 6.45) is -0.105. The lowest BCUT2D eigenvalue weighted by atomic mass is 9.95. The van der Waals surface area contributed by atoms with Crippen molar-refractivity contribution < 1.29 is 18.0 Å². The standard InChI is InChI=1S/C19H26ClF3N4O/c1-2-26-7-3-4-15(26)12-25-18(28)13-5-8-27(9-6-13)17-16(20)10-14(11-24-17)19(21,22)23/h10-11,13,15H,2-9,12H2,1H3,(H,25,28). The number of amides is 1. The van der Waals surface area contributed by atoms with Gasteiger partial charge >= 0.3 is 6.18 Å². The third-order valence-electron chi connectivity index (χ3n) is 5.73. The van der Waals surface area contributed by atoms with E-state index >= 15 is 0 Å². The molecule has 2 saturated heterocycles. The van der Waals surface area contributed by atoms with Crippen molar-refractivity contribution in [3.8, 4) is 0 Å². The van der Waals surface area contributed by atoms with Crippen molar-refractivity contribution in [2.45, 2.75) is 44.8 Å². The van der Waals surface area contributed by atoms with E-state index in [2.05, 4.69) is 22.1 Å². The number of nitrogens with zero attached hydrogens (tertiary/aromatic N) is 3.